The van der Waals surface area contributed by atoms with Crippen LogP contribution < -0.4 is 11.1 Å². The molecular weight excluding hydrogens is 216 g/mol. The first-order valence-corrected chi connectivity index (χ1v) is 5.98. The normalized spacial score (nSPS) is 13.7. The topological polar surface area (TPSA) is 92.4 Å². The van der Waals surface area contributed by atoms with E-state index in [1.807, 2.05) is 30.3 Å². The van der Waals surface area contributed by atoms with Crippen LogP contribution in [-0.4, -0.2) is 24.9 Å². The van der Waals surface area contributed by atoms with Crippen molar-refractivity contribution in [1.29, 1.82) is 0 Å². The standard InChI is InChI=1S/C9H14N2O3S/c10-6-9(15(12,13)14)11-7-8-4-2-1-3-5-8/h1-5,9,11H,6-7,10H2,(H,12,13,14). The number of nitrogens with one attached hydrogen (secondary N) is 1. The fourth-order valence-electron chi connectivity index (χ4n) is 1.14. The Morgan fingerprint density at radius 3 is 2.40 bits per heavy atom. The molecular formula is C9H14N2O3S. The van der Waals surface area contributed by atoms with Gasteiger partial charge in [0.2, 0.25) is 0 Å². The molecule has 15 heavy (non-hydrogen) atoms. The third-order valence-electron chi connectivity index (χ3n) is 1.95. The van der Waals surface area contributed by atoms with Crippen molar-refractivity contribution in [3.05, 3.63) is 35.9 Å². The van der Waals surface area contributed by atoms with Crippen LogP contribution in [-0.2, 0) is 16.7 Å². The third kappa shape index (κ3) is 3.96. The molecule has 84 valence electrons. The monoisotopic (exact) mass is 230 g/mol. The Bertz CT molecular complexity index is 391. The van der Waals surface area contributed by atoms with Crippen LogP contribution in [0.4, 0.5) is 0 Å². The summed E-state index contributed by atoms with van der Waals surface area (Å²) in [5.41, 5.74) is 6.15. The third-order valence-corrected chi connectivity index (χ3v) is 3.03. The summed E-state index contributed by atoms with van der Waals surface area (Å²) in [7, 11) is -4.12. The zero-order valence-electron chi connectivity index (χ0n) is 8.13. The quantitative estimate of drug-likeness (QED) is 0.617. The second-order valence-corrected chi connectivity index (χ2v) is 4.70. The van der Waals surface area contributed by atoms with Crippen molar-refractivity contribution >= 4 is 10.1 Å². The smallest absolute Gasteiger partial charge is 0.282 e. The van der Waals surface area contributed by atoms with Gasteiger partial charge in [-0.25, -0.2) is 0 Å². The number of benzene rings is 1. The molecule has 0 aliphatic rings. The number of hydrogen-bond acceptors (Lipinski definition) is 4. The molecule has 0 fully saturated rings. The van der Waals surface area contributed by atoms with E-state index in [1.54, 1.807) is 0 Å². The van der Waals surface area contributed by atoms with E-state index >= 15 is 0 Å². The van der Waals surface area contributed by atoms with Crippen molar-refractivity contribution in [1.82, 2.24) is 5.32 Å². The summed E-state index contributed by atoms with van der Waals surface area (Å²) in [4.78, 5) is 0. The molecule has 0 radical (unpaired) electrons. The van der Waals surface area contributed by atoms with E-state index in [2.05, 4.69) is 5.32 Å². The largest absolute Gasteiger partial charge is 0.328 e. The van der Waals surface area contributed by atoms with Gasteiger partial charge in [-0.05, 0) is 5.56 Å². The minimum absolute atomic E-state index is 0.161. The molecule has 0 spiro atoms. The highest BCUT2D eigenvalue weighted by molar-refractivity contribution is 7.86. The van der Waals surface area contributed by atoms with Crippen LogP contribution in [0.5, 0.6) is 0 Å². The summed E-state index contributed by atoms with van der Waals surface area (Å²) in [5, 5.41) is 1.55. The predicted octanol–water partition coefficient (Wildman–Crippen LogP) is -0.0512. The van der Waals surface area contributed by atoms with Crippen LogP contribution in [0.2, 0.25) is 0 Å². The van der Waals surface area contributed by atoms with Gasteiger partial charge in [-0.1, -0.05) is 30.3 Å². The van der Waals surface area contributed by atoms with Gasteiger partial charge in [0, 0.05) is 13.1 Å². The number of nitrogens with two attached hydrogens (primary N) is 1. The van der Waals surface area contributed by atoms with E-state index in [-0.39, 0.29) is 6.54 Å². The van der Waals surface area contributed by atoms with Gasteiger partial charge >= 0.3 is 0 Å². The first kappa shape index (κ1) is 12.1. The average molecular weight is 230 g/mol. The Balaban J connectivity index is 2.56. The molecule has 0 heterocycles. The molecule has 0 aliphatic heterocycles. The number of rotatable bonds is 5. The van der Waals surface area contributed by atoms with E-state index < -0.39 is 15.5 Å². The summed E-state index contributed by atoms with van der Waals surface area (Å²) < 4.78 is 30.4. The lowest BCUT2D eigenvalue weighted by atomic mass is 10.2. The van der Waals surface area contributed by atoms with Gasteiger partial charge < -0.3 is 5.73 Å². The van der Waals surface area contributed by atoms with Crippen LogP contribution in [0.3, 0.4) is 0 Å². The lowest BCUT2D eigenvalue weighted by molar-refractivity contribution is 0.450. The predicted molar refractivity (Wildman–Crippen MR) is 57.7 cm³/mol. The van der Waals surface area contributed by atoms with Crippen molar-refractivity contribution < 1.29 is 13.0 Å². The van der Waals surface area contributed by atoms with Crippen LogP contribution in [0.25, 0.3) is 0 Å². The SMILES string of the molecule is NCC(NCc1ccccc1)S(=O)(=O)O. The van der Waals surface area contributed by atoms with Gasteiger partial charge in [-0.15, -0.1) is 0 Å². The molecule has 1 rings (SSSR count). The van der Waals surface area contributed by atoms with Crippen LogP contribution in [0.15, 0.2) is 30.3 Å². The summed E-state index contributed by atoms with van der Waals surface area (Å²) in [6.07, 6.45) is 0. The maximum atomic E-state index is 10.8. The molecule has 1 aromatic carbocycles. The van der Waals surface area contributed by atoms with Gasteiger partial charge in [0.15, 0.2) is 0 Å². The molecule has 0 amide bonds. The first-order chi connectivity index (χ1) is 7.04. The molecule has 1 atom stereocenters. The first-order valence-electron chi connectivity index (χ1n) is 4.47. The Kier molecular flexibility index (Phi) is 4.22. The second-order valence-electron chi connectivity index (χ2n) is 3.11. The highest BCUT2D eigenvalue weighted by atomic mass is 32.2. The fourth-order valence-corrected chi connectivity index (χ4v) is 1.67. The molecule has 1 aromatic rings. The number of hydrogen-bond donors (Lipinski definition) is 3. The maximum absolute atomic E-state index is 10.8. The molecule has 0 aromatic heterocycles. The Morgan fingerprint density at radius 2 is 1.93 bits per heavy atom. The van der Waals surface area contributed by atoms with E-state index in [0.717, 1.165) is 5.56 Å². The molecule has 4 N–H and O–H groups in total. The van der Waals surface area contributed by atoms with Crippen molar-refractivity contribution in [2.75, 3.05) is 6.54 Å². The molecule has 1 unspecified atom stereocenters. The zero-order chi connectivity index (χ0) is 11.3. The van der Waals surface area contributed by atoms with E-state index in [1.165, 1.54) is 0 Å². The lowest BCUT2D eigenvalue weighted by Crippen LogP contribution is -2.41. The van der Waals surface area contributed by atoms with Crippen molar-refractivity contribution in [3.8, 4) is 0 Å². The van der Waals surface area contributed by atoms with Crippen LogP contribution in [0.1, 0.15) is 5.56 Å². The highest BCUT2D eigenvalue weighted by Gasteiger charge is 2.19. The molecule has 0 aliphatic carbocycles. The van der Waals surface area contributed by atoms with E-state index in [0.29, 0.717) is 6.54 Å². The van der Waals surface area contributed by atoms with Crippen molar-refractivity contribution in [3.63, 3.8) is 0 Å². The molecule has 0 saturated heterocycles. The molecule has 0 saturated carbocycles. The van der Waals surface area contributed by atoms with Gasteiger partial charge in [0.1, 0.15) is 5.37 Å². The summed E-state index contributed by atoms with van der Waals surface area (Å²) in [5.74, 6) is 0. The van der Waals surface area contributed by atoms with E-state index in [9.17, 15) is 8.42 Å². The van der Waals surface area contributed by atoms with Gasteiger partial charge in [0.25, 0.3) is 10.1 Å². The Morgan fingerprint density at radius 1 is 1.33 bits per heavy atom. The summed E-state index contributed by atoms with van der Waals surface area (Å²) in [6, 6.07) is 9.27. The maximum Gasteiger partial charge on any atom is 0.282 e. The van der Waals surface area contributed by atoms with Crippen molar-refractivity contribution in [2.24, 2.45) is 5.73 Å². The molecule has 5 nitrogen and oxygen atoms in total. The van der Waals surface area contributed by atoms with Crippen LogP contribution in [0, 0.1) is 0 Å². The minimum Gasteiger partial charge on any atom is -0.328 e. The zero-order valence-corrected chi connectivity index (χ0v) is 8.94. The van der Waals surface area contributed by atoms with Crippen molar-refractivity contribution in [2.45, 2.75) is 11.9 Å². The van der Waals surface area contributed by atoms with Gasteiger partial charge in [-0.2, -0.15) is 8.42 Å². The van der Waals surface area contributed by atoms with Crippen LogP contribution >= 0.6 is 0 Å². The average Bonchev–Trinajstić information content (AvgIpc) is 2.18. The molecule has 6 heteroatoms. The summed E-state index contributed by atoms with van der Waals surface area (Å²) in [6.45, 7) is 0.189. The highest BCUT2D eigenvalue weighted by Crippen LogP contribution is 2.00. The van der Waals surface area contributed by atoms with E-state index in [4.69, 9.17) is 10.3 Å². The second kappa shape index (κ2) is 5.22. The van der Waals surface area contributed by atoms with Gasteiger partial charge in [0.05, 0.1) is 0 Å². The Hall–Kier alpha value is -0.950. The molecule has 0 bridgehead atoms. The summed E-state index contributed by atoms with van der Waals surface area (Å²) >= 11 is 0. The minimum atomic E-state index is -4.12. The van der Waals surface area contributed by atoms with Gasteiger partial charge in [-0.3, -0.25) is 9.87 Å². The fraction of sp³-hybridized carbons (Fsp3) is 0.333. The Labute approximate surface area is 89.0 Å². The lowest BCUT2D eigenvalue weighted by Gasteiger charge is -2.13.